The molecule has 1 heterocycles. The minimum Gasteiger partial charge on any atom is -0.494 e. The highest BCUT2D eigenvalue weighted by atomic mass is 16.5. The molecular weight excluding hydrogens is 456 g/mol. The van der Waals surface area contributed by atoms with Gasteiger partial charge in [-0.05, 0) is 68.3 Å². The molecule has 0 radical (unpaired) electrons. The Morgan fingerprint density at radius 1 is 1.06 bits per heavy atom. The predicted molar refractivity (Wildman–Crippen MR) is 135 cm³/mol. The maximum atomic E-state index is 12.7. The van der Waals surface area contributed by atoms with E-state index in [0.29, 0.717) is 40.7 Å². The summed E-state index contributed by atoms with van der Waals surface area (Å²) in [6.45, 7) is 6.50. The highest BCUT2D eigenvalue weighted by Gasteiger charge is 2.31. The Labute approximate surface area is 210 Å². The van der Waals surface area contributed by atoms with Crippen LogP contribution in [-0.4, -0.2) is 18.7 Å². The molecule has 0 aliphatic carbocycles. The number of nitrogens with two attached hydrogens (primary N) is 1. The van der Waals surface area contributed by atoms with Crippen molar-refractivity contribution in [1.82, 2.24) is 0 Å². The van der Waals surface area contributed by atoms with Crippen molar-refractivity contribution in [1.29, 1.82) is 5.26 Å². The lowest BCUT2D eigenvalue weighted by Gasteiger charge is -2.27. The molecule has 2 N–H and O–H groups in total. The van der Waals surface area contributed by atoms with Gasteiger partial charge in [-0.3, -0.25) is 0 Å². The molecule has 1 aliphatic heterocycles. The van der Waals surface area contributed by atoms with Crippen LogP contribution in [0.25, 0.3) is 0 Å². The molecule has 0 saturated carbocycles. The second-order valence-electron chi connectivity index (χ2n) is 8.63. The third-order valence-electron chi connectivity index (χ3n) is 5.53. The summed E-state index contributed by atoms with van der Waals surface area (Å²) >= 11 is 0. The first-order valence-corrected chi connectivity index (χ1v) is 11.8. The van der Waals surface area contributed by atoms with E-state index in [9.17, 15) is 10.1 Å². The highest BCUT2D eigenvalue weighted by Crippen LogP contribution is 2.44. The van der Waals surface area contributed by atoms with Gasteiger partial charge in [0.15, 0.2) is 0 Å². The molecule has 1 unspecified atom stereocenters. The van der Waals surface area contributed by atoms with Gasteiger partial charge in [0.05, 0.1) is 24.2 Å². The lowest BCUT2D eigenvalue weighted by molar-refractivity contribution is 0.0734. The molecule has 1 aliphatic rings. The molecule has 0 fully saturated rings. The molecule has 3 aromatic rings. The molecule has 3 aromatic carbocycles. The molecule has 0 amide bonds. The van der Waals surface area contributed by atoms with Crippen LogP contribution in [0.1, 0.15) is 54.6 Å². The minimum absolute atomic E-state index is 0.0131. The van der Waals surface area contributed by atoms with Gasteiger partial charge in [-0.15, -0.1) is 0 Å². The van der Waals surface area contributed by atoms with Gasteiger partial charge >= 0.3 is 5.97 Å². The van der Waals surface area contributed by atoms with E-state index < -0.39 is 11.9 Å². The number of allylic oxidation sites excluding steroid dienone is 1. The molecular formula is C29H28N2O5. The number of carbonyl (C=O) groups is 1. The molecule has 7 nitrogen and oxygen atoms in total. The van der Waals surface area contributed by atoms with E-state index in [1.54, 1.807) is 42.5 Å². The molecule has 1 atom stereocenters. The molecule has 4 rings (SSSR count). The van der Waals surface area contributed by atoms with E-state index in [-0.39, 0.29) is 12.0 Å². The zero-order valence-corrected chi connectivity index (χ0v) is 20.5. The number of fused-ring (bicyclic) bond motifs is 1. The third kappa shape index (κ3) is 5.44. The smallest absolute Gasteiger partial charge is 0.343 e. The second-order valence-corrected chi connectivity index (χ2v) is 8.63. The van der Waals surface area contributed by atoms with Crippen LogP contribution in [0.4, 0.5) is 0 Å². The number of benzene rings is 3. The Balaban J connectivity index is 1.60. The van der Waals surface area contributed by atoms with Crippen LogP contribution >= 0.6 is 0 Å². The van der Waals surface area contributed by atoms with Gasteiger partial charge < -0.3 is 24.7 Å². The number of carbonyl (C=O) groups excluding carboxylic acids is 1. The van der Waals surface area contributed by atoms with Crippen LogP contribution in [0, 0.1) is 11.3 Å². The maximum absolute atomic E-state index is 12.7. The lowest BCUT2D eigenvalue weighted by atomic mass is 9.83. The molecule has 0 saturated heterocycles. The van der Waals surface area contributed by atoms with Gasteiger partial charge in [0.2, 0.25) is 5.88 Å². The predicted octanol–water partition coefficient (Wildman–Crippen LogP) is 5.70. The number of esters is 1. The first-order chi connectivity index (χ1) is 17.4. The Kier molecular flexibility index (Phi) is 7.45. The van der Waals surface area contributed by atoms with E-state index in [0.717, 1.165) is 17.5 Å². The molecule has 184 valence electrons. The summed E-state index contributed by atoms with van der Waals surface area (Å²) in [5.74, 6) is 1.17. The summed E-state index contributed by atoms with van der Waals surface area (Å²) in [5, 5.41) is 9.82. The number of ether oxygens (including phenoxy) is 4. The van der Waals surface area contributed by atoms with Crippen molar-refractivity contribution in [2.24, 2.45) is 5.73 Å². The molecule has 7 heteroatoms. The summed E-state index contributed by atoms with van der Waals surface area (Å²) < 4.78 is 22.7. The number of nitrogens with zero attached hydrogens (tertiary/aromatic N) is 1. The lowest BCUT2D eigenvalue weighted by Crippen LogP contribution is -2.21. The normalized spacial score (nSPS) is 14.5. The van der Waals surface area contributed by atoms with E-state index in [2.05, 4.69) is 6.07 Å². The fourth-order valence-electron chi connectivity index (χ4n) is 3.95. The van der Waals surface area contributed by atoms with Crippen molar-refractivity contribution in [3.8, 4) is 29.1 Å². The van der Waals surface area contributed by atoms with E-state index in [4.69, 9.17) is 24.7 Å². The van der Waals surface area contributed by atoms with E-state index in [1.807, 2.05) is 45.0 Å². The van der Waals surface area contributed by atoms with Gasteiger partial charge in [-0.2, -0.15) is 5.26 Å². The van der Waals surface area contributed by atoms with Gasteiger partial charge in [-0.25, -0.2) is 4.79 Å². The van der Waals surface area contributed by atoms with E-state index >= 15 is 0 Å². The van der Waals surface area contributed by atoms with Crippen LogP contribution in [-0.2, 0) is 0 Å². The summed E-state index contributed by atoms with van der Waals surface area (Å²) in [7, 11) is 0. The van der Waals surface area contributed by atoms with Crippen molar-refractivity contribution in [3.05, 3.63) is 94.9 Å². The zero-order chi connectivity index (χ0) is 25.7. The summed E-state index contributed by atoms with van der Waals surface area (Å²) in [4.78, 5) is 12.7. The molecule has 0 aromatic heterocycles. The van der Waals surface area contributed by atoms with Gasteiger partial charge in [0.25, 0.3) is 0 Å². The fourth-order valence-corrected chi connectivity index (χ4v) is 3.95. The van der Waals surface area contributed by atoms with Crippen LogP contribution in [0.15, 0.2) is 78.2 Å². The number of hydrogen-bond donors (Lipinski definition) is 1. The monoisotopic (exact) mass is 484 g/mol. The minimum atomic E-state index is -0.514. The molecule has 0 bridgehead atoms. The summed E-state index contributed by atoms with van der Waals surface area (Å²) in [6.07, 6.45) is 0.925. The SMILES string of the molecule is CCCOc1cccc(C2C(C#N)=C(N)Oc3cc(OC(=O)c4ccc(OC(C)C)cc4)ccc32)c1. The van der Waals surface area contributed by atoms with Gasteiger partial charge in [0, 0.05) is 11.6 Å². The Morgan fingerprint density at radius 2 is 1.81 bits per heavy atom. The van der Waals surface area contributed by atoms with Crippen LogP contribution < -0.4 is 24.7 Å². The van der Waals surface area contributed by atoms with Crippen LogP contribution in [0.2, 0.25) is 0 Å². The summed E-state index contributed by atoms with van der Waals surface area (Å²) in [5.41, 5.74) is 8.41. The average molecular weight is 485 g/mol. The Hall–Kier alpha value is -4.44. The van der Waals surface area contributed by atoms with Crippen molar-refractivity contribution in [2.45, 2.75) is 39.2 Å². The largest absolute Gasteiger partial charge is 0.494 e. The van der Waals surface area contributed by atoms with Crippen molar-refractivity contribution in [3.63, 3.8) is 0 Å². The van der Waals surface area contributed by atoms with Crippen LogP contribution in [0.3, 0.4) is 0 Å². The third-order valence-corrected chi connectivity index (χ3v) is 5.53. The maximum Gasteiger partial charge on any atom is 0.343 e. The Bertz CT molecular complexity index is 1320. The fraction of sp³-hybridized carbons (Fsp3) is 0.241. The highest BCUT2D eigenvalue weighted by molar-refractivity contribution is 5.91. The first-order valence-electron chi connectivity index (χ1n) is 11.8. The van der Waals surface area contributed by atoms with E-state index in [1.165, 1.54) is 0 Å². The van der Waals surface area contributed by atoms with Crippen molar-refractivity contribution >= 4 is 5.97 Å². The number of hydrogen-bond acceptors (Lipinski definition) is 7. The van der Waals surface area contributed by atoms with Crippen molar-refractivity contribution < 1.29 is 23.7 Å². The van der Waals surface area contributed by atoms with Gasteiger partial charge in [-0.1, -0.05) is 25.1 Å². The summed E-state index contributed by atoms with van der Waals surface area (Å²) in [6, 6.07) is 21.6. The number of rotatable bonds is 8. The molecule has 36 heavy (non-hydrogen) atoms. The van der Waals surface area contributed by atoms with Crippen molar-refractivity contribution in [2.75, 3.05) is 6.61 Å². The zero-order valence-electron chi connectivity index (χ0n) is 20.5. The first kappa shape index (κ1) is 24.7. The standard InChI is InChI=1S/C29H28N2O5/c1-4-14-33-22-7-5-6-20(15-22)27-24-13-12-23(16-26(24)36-28(31)25(27)17-30)35-29(32)19-8-10-21(11-9-19)34-18(2)3/h5-13,15-16,18,27H,4,14,31H2,1-3H3. The topological polar surface area (TPSA) is 104 Å². The Morgan fingerprint density at radius 3 is 2.50 bits per heavy atom. The van der Waals surface area contributed by atoms with Crippen LogP contribution in [0.5, 0.6) is 23.0 Å². The second kappa shape index (κ2) is 10.9. The number of nitriles is 1. The molecule has 0 spiro atoms. The average Bonchev–Trinajstić information content (AvgIpc) is 2.86. The van der Waals surface area contributed by atoms with Gasteiger partial charge in [0.1, 0.15) is 34.6 Å². The quantitative estimate of drug-likeness (QED) is 0.323.